The smallest absolute Gasteiger partial charge is 0.143 e. The van der Waals surface area contributed by atoms with E-state index in [1.807, 2.05) is 13.0 Å². The zero-order chi connectivity index (χ0) is 8.39. The molecule has 0 fully saturated rings. The van der Waals surface area contributed by atoms with Gasteiger partial charge in [0.05, 0.1) is 5.69 Å². The summed E-state index contributed by atoms with van der Waals surface area (Å²) >= 11 is 0. The topological polar surface area (TPSA) is 26.0 Å². The number of aromatic nitrogens is 1. The van der Waals surface area contributed by atoms with Crippen LogP contribution in [0, 0.1) is 6.92 Å². The van der Waals surface area contributed by atoms with Crippen LogP contribution in [0.15, 0.2) is 22.7 Å². The van der Waals surface area contributed by atoms with E-state index < -0.39 is 0 Å². The van der Waals surface area contributed by atoms with Crippen molar-refractivity contribution in [3.8, 4) is 0 Å². The van der Waals surface area contributed by atoms with Crippen LogP contribution in [0.2, 0.25) is 0 Å². The Balaban J connectivity index is 2.18. The minimum atomic E-state index is 0.472. The molecule has 0 amide bonds. The van der Waals surface area contributed by atoms with Crippen LogP contribution < -0.4 is 0 Å². The molecule has 0 saturated heterocycles. The van der Waals surface area contributed by atoms with Crippen LogP contribution in [-0.4, -0.2) is 5.16 Å². The molecule has 12 heavy (non-hydrogen) atoms. The second-order valence-electron chi connectivity index (χ2n) is 3.34. The highest BCUT2D eigenvalue weighted by Gasteiger charge is 2.14. The lowest BCUT2D eigenvalue weighted by Crippen LogP contribution is -1.97. The maximum Gasteiger partial charge on any atom is 0.143 e. The SMILES string of the molecule is Cc1cc([C@@H]2C=CCCC2)on1. The number of hydrogen-bond donors (Lipinski definition) is 0. The van der Waals surface area contributed by atoms with E-state index in [1.54, 1.807) is 0 Å². The van der Waals surface area contributed by atoms with E-state index in [-0.39, 0.29) is 0 Å². The maximum atomic E-state index is 5.20. The first-order valence-corrected chi connectivity index (χ1v) is 4.46. The molecule has 0 radical (unpaired) electrons. The Hall–Kier alpha value is -1.05. The van der Waals surface area contributed by atoms with Crippen molar-refractivity contribution in [2.24, 2.45) is 0 Å². The second-order valence-corrected chi connectivity index (χ2v) is 3.34. The molecule has 2 rings (SSSR count). The maximum absolute atomic E-state index is 5.20. The molecule has 0 aromatic carbocycles. The molecule has 1 atom stereocenters. The van der Waals surface area contributed by atoms with Crippen LogP contribution in [0.3, 0.4) is 0 Å². The zero-order valence-corrected chi connectivity index (χ0v) is 7.29. The highest BCUT2D eigenvalue weighted by atomic mass is 16.5. The molecule has 1 aliphatic carbocycles. The largest absolute Gasteiger partial charge is 0.361 e. The molecule has 64 valence electrons. The molecule has 0 spiro atoms. The lowest BCUT2D eigenvalue weighted by Gasteiger charge is -2.11. The Kier molecular flexibility index (Phi) is 1.98. The van der Waals surface area contributed by atoms with Crippen molar-refractivity contribution in [3.05, 3.63) is 29.7 Å². The van der Waals surface area contributed by atoms with Crippen molar-refractivity contribution in [1.29, 1.82) is 0 Å². The van der Waals surface area contributed by atoms with Gasteiger partial charge in [0.1, 0.15) is 5.76 Å². The van der Waals surface area contributed by atoms with E-state index in [0.717, 1.165) is 11.5 Å². The first-order chi connectivity index (χ1) is 5.86. The van der Waals surface area contributed by atoms with Gasteiger partial charge in [0.2, 0.25) is 0 Å². The van der Waals surface area contributed by atoms with Gasteiger partial charge in [-0.2, -0.15) is 0 Å². The Bertz CT molecular complexity index is 288. The highest BCUT2D eigenvalue weighted by molar-refractivity contribution is 5.15. The molecule has 0 N–H and O–H groups in total. The predicted molar refractivity (Wildman–Crippen MR) is 47.0 cm³/mol. The molecule has 1 heterocycles. The predicted octanol–water partition coefficient (Wildman–Crippen LogP) is 2.81. The Labute approximate surface area is 72.3 Å². The summed E-state index contributed by atoms with van der Waals surface area (Å²) < 4.78 is 5.20. The molecule has 2 heteroatoms. The normalized spacial score (nSPS) is 22.9. The molecule has 1 aliphatic rings. The lowest BCUT2D eigenvalue weighted by molar-refractivity contribution is 0.362. The standard InChI is InChI=1S/C10H13NO/c1-8-7-10(12-11-8)9-5-3-2-4-6-9/h3,5,7,9H,2,4,6H2,1H3/t9-/m1/s1. The van der Waals surface area contributed by atoms with Gasteiger partial charge in [-0.1, -0.05) is 17.3 Å². The molecular weight excluding hydrogens is 150 g/mol. The number of allylic oxidation sites excluding steroid dienone is 2. The third kappa shape index (κ3) is 1.42. The fourth-order valence-electron chi connectivity index (χ4n) is 1.61. The van der Waals surface area contributed by atoms with E-state index in [9.17, 15) is 0 Å². The fourth-order valence-corrected chi connectivity index (χ4v) is 1.61. The molecule has 1 aromatic rings. The minimum absolute atomic E-state index is 0.472. The molecule has 0 aliphatic heterocycles. The van der Waals surface area contributed by atoms with Gasteiger partial charge in [-0.15, -0.1) is 0 Å². The first-order valence-electron chi connectivity index (χ1n) is 4.46. The molecular formula is C10H13NO. The monoisotopic (exact) mass is 163 g/mol. The summed E-state index contributed by atoms with van der Waals surface area (Å²) in [5.74, 6) is 1.49. The van der Waals surface area contributed by atoms with Crippen molar-refractivity contribution in [1.82, 2.24) is 5.16 Å². The van der Waals surface area contributed by atoms with Gasteiger partial charge >= 0.3 is 0 Å². The Morgan fingerprint density at radius 1 is 1.58 bits per heavy atom. The van der Waals surface area contributed by atoms with E-state index in [0.29, 0.717) is 5.92 Å². The van der Waals surface area contributed by atoms with Crippen molar-refractivity contribution in [2.75, 3.05) is 0 Å². The van der Waals surface area contributed by atoms with Gasteiger partial charge in [-0.25, -0.2) is 0 Å². The van der Waals surface area contributed by atoms with Crippen LogP contribution in [-0.2, 0) is 0 Å². The molecule has 0 saturated carbocycles. The van der Waals surface area contributed by atoms with Gasteiger partial charge < -0.3 is 4.52 Å². The summed E-state index contributed by atoms with van der Waals surface area (Å²) in [5.41, 5.74) is 0.976. The van der Waals surface area contributed by atoms with Crippen LogP contribution in [0.4, 0.5) is 0 Å². The van der Waals surface area contributed by atoms with Crippen molar-refractivity contribution >= 4 is 0 Å². The summed E-state index contributed by atoms with van der Waals surface area (Å²) in [4.78, 5) is 0. The van der Waals surface area contributed by atoms with E-state index >= 15 is 0 Å². The van der Waals surface area contributed by atoms with Crippen LogP contribution in [0.1, 0.15) is 36.6 Å². The fraction of sp³-hybridized carbons (Fsp3) is 0.500. The minimum Gasteiger partial charge on any atom is -0.361 e. The first kappa shape index (κ1) is 7.59. The molecule has 1 aromatic heterocycles. The summed E-state index contributed by atoms with van der Waals surface area (Å²) in [6.07, 6.45) is 8.13. The summed E-state index contributed by atoms with van der Waals surface area (Å²) in [6, 6.07) is 2.03. The van der Waals surface area contributed by atoms with Crippen molar-refractivity contribution < 1.29 is 4.52 Å². The molecule has 0 unspecified atom stereocenters. The zero-order valence-electron chi connectivity index (χ0n) is 7.29. The van der Waals surface area contributed by atoms with Gasteiger partial charge in [0.25, 0.3) is 0 Å². The highest BCUT2D eigenvalue weighted by Crippen LogP contribution is 2.27. The average molecular weight is 163 g/mol. The van der Waals surface area contributed by atoms with E-state index in [1.165, 1.54) is 19.3 Å². The summed E-state index contributed by atoms with van der Waals surface area (Å²) in [5, 5.41) is 3.88. The third-order valence-corrected chi connectivity index (χ3v) is 2.27. The third-order valence-electron chi connectivity index (χ3n) is 2.27. The Morgan fingerprint density at radius 2 is 2.50 bits per heavy atom. The summed E-state index contributed by atoms with van der Waals surface area (Å²) in [7, 11) is 0. The van der Waals surface area contributed by atoms with Crippen LogP contribution in [0.25, 0.3) is 0 Å². The van der Waals surface area contributed by atoms with Gasteiger partial charge in [0, 0.05) is 12.0 Å². The number of rotatable bonds is 1. The number of nitrogens with zero attached hydrogens (tertiary/aromatic N) is 1. The summed E-state index contributed by atoms with van der Waals surface area (Å²) in [6.45, 7) is 1.96. The van der Waals surface area contributed by atoms with E-state index in [2.05, 4.69) is 17.3 Å². The second kappa shape index (κ2) is 3.13. The van der Waals surface area contributed by atoms with Crippen molar-refractivity contribution in [3.63, 3.8) is 0 Å². The number of hydrogen-bond acceptors (Lipinski definition) is 2. The van der Waals surface area contributed by atoms with Crippen molar-refractivity contribution in [2.45, 2.75) is 32.1 Å². The Morgan fingerprint density at radius 3 is 3.08 bits per heavy atom. The quantitative estimate of drug-likeness (QED) is 0.595. The van der Waals surface area contributed by atoms with E-state index in [4.69, 9.17) is 4.52 Å². The van der Waals surface area contributed by atoms with Gasteiger partial charge in [-0.3, -0.25) is 0 Å². The molecule has 0 bridgehead atoms. The lowest BCUT2D eigenvalue weighted by atomic mass is 9.94. The van der Waals surface area contributed by atoms with Gasteiger partial charge in [0.15, 0.2) is 0 Å². The van der Waals surface area contributed by atoms with Crippen LogP contribution in [0.5, 0.6) is 0 Å². The molecule has 2 nitrogen and oxygen atoms in total. The van der Waals surface area contributed by atoms with Gasteiger partial charge in [-0.05, 0) is 26.2 Å². The average Bonchev–Trinajstić information content (AvgIpc) is 2.54. The van der Waals surface area contributed by atoms with Crippen LogP contribution >= 0.6 is 0 Å². The number of aryl methyl sites for hydroxylation is 1.